The van der Waals surface area contributed by atoms with Gasteiger partial charge in [-0.05, 0) is 57.0 Å². The van der Waals surface area contributed by atoms with Crippen LogP contribution in [-0.2, 0) is 16.0 Å². The van der Waals surface area contributed by atoms with Crippen molar-refractivity contribution in [2.24, 2.45) is 0 Å². The van der Waals surface area contributed by atoms with Crippen molar-refractivity contribution < 1.29 is 29.3 Å². The van der Waals surface area contributed by atoms with Crippen LogP contribution in [0.2, 0.25) is 0 Å². The third-order valence-corrected chi connectivity index (χ3v) is 4.14. The fourth-order valence-corrected chi connectivity index (χ4v) is 2.79. The minimum absolute atomic E-state index is 0.771. The van der Waals surface area contributed by atoms with Crippen LogP contribution in [0.1, 0.15) is 31.2 Å². The van der Waals surface area contributed by atoms with Crippen molar-refractivity contribution >= 4 is 11.9 Å². The summed E-state index contributed by atoms with van der Waals surface area (Å²) in [4.78, 5) is 20.7. The van der Waals surface area contributed by atoms with E-state index in [1.54, 1.807) is 7.11 Å². The fourth-order valence-electron chi connectivity index (χ4n) is 2.79. The van der Waals surface area contributed by atoms with Gasteiger partial charge < -0.3 is 24.6 Å². The Kier molecular flexibility index (Phi) is 10.6. The number of likely N-dealkylation sites (tertiary alicyclic amines) is 1. The Balaban J connectivity index is 0.000000527. The molecule has 150 valence electrons. The summed E-state index contributed by atoms with van der Waals surface area (Å²) >= 11 is 0. The van der Waals surface area contributed by atoms with Crippen molar-refractivity contribution in [2.45, 2.75) is 32.1 Å². The van der Waals surface area contributed by atoms with Crippen LogP contribution in [0.25, 0.3) is 0 Å². The number of benzene rings is 1. The molecule has 0 aliphatic carbocycles. The van der Waals surface area contributed by atoms with Crippen LogP contribution in [0.4, 0.5) is 0 Å². The van der Waals surface area contributed by atoms with Crippen LogP contribution in [0.3, 0.4) is 0 Å². The average molecular weight is 379 g/mol. The van der Waals surface area contributed by atoms with Gasteiger partial charge in [0.05, 0.1) is 13.7 Å². The van der Waals surface area contributed by atoms with Crippen molar-refractivity contribution in [3.05, 3.63) is 36.4 Å². The molecule has 2 N–H and O–H groups in total. The molecule has 27 heavy (non-hydrogen) atoms. The van der Waals surface area contributed by atoms with E-state index in [1.165, 1.54) is 32.4 Å². The zero-order valence-electron chi connectivity index (χ0n) is 15.9. The van der Waals surface area contributed by atoms with Gasteiger partial charge in [-0.3, -0.25) is 0 Å². The van der Waals surface area contributed by atoms with E-state index < -0.39 is 11.9 Å². The first-order valence-electron chi connectivity index (χ1n) is 9.07. The Morgan fingerprint density at radius 2 is 1.85 bits per heavy atom. The second-order valence-corrected chi connectivity index (χ2v) is 6.18. The second kappa shape index (κ2) is 12.8. The summed E-state index contributed by atoms with van der Waals surface area (Å²) in [6, 6.07) is 5.98. The molecule has 0 radical (unpaired) electrons. The van der Waals surface area contributed by atoms with Crippen LogP contribution in [0.5, 0.6) is 11.5 Å². The molecule has 1 aliphatic rings. The normalized spacial score (nSPS) is 13.8. The lowest BCUT2D eigenvalue weighted by atomic mass is 10.1. The van der Waals surface area contributed by atoms with Gasteiger partial charge in [-0.2, -0.15) is 0 Å². The van der Waals surface area contributed by atoms with Crippen LogP contribution >= 0.6 is 0 Å². The van der Waals surface area contributed by atoms with Gasteiger partial charge in [0, 0.05) is 12.1 Å². The number of methoxy groups -OCH3 is 1. The summed E-state index contributed by atoms with van der Waals surface area (Å²) in [5.41, 5.74) is 1.14. The molecule has 0 spiro atoms. The molecule has 0 amide bonds. The first kappa shape index (κ1) is 22.5. The van der Waals surface area contributed by atoms with E-state index in [1.807, 2.05) is 24.3 Å². The number of hydrogen-bond acceptors (Lipinski definition) is 5. The van der Waals surface area contributed by atoms with Gasteiger partial charge in [0.1, 0.15) is 11.5 Å². The molecule has 0 bridgehead atoms. The maximum Gasteiger partial charge on any atom is 0.414 e. The summed E-state index contributed by atoms with van der Waals surface area (Å²) in [5.74, 6) is -1.83. The van der Waals surface area contributed by atoms with Crippen molar-refractivity contribution in [1.29, 1.82) is 0 Å². The zero-order valence-corrected chi connectivity index (χ0v) is 15.9. The molecule has 2 rings (SSSR count). The monoisotopic (exact) mass is 379 g/mol. The number of aliphatic carboxylic acids is 2. The molecule has 1 aromatic carbocycles. The minimum atomic E-state index is -1.82. The minimum Gasteiger partial charge on any atom is -0.497 e. The Bertz CT molecular complexity index is 598. The van der Waals surface area contributed by atoms with Gasteiger partial charge in [-0.1, -0.05) is 12.5 Å². The van der Waals surface area contributed by atoms with E-state index in [2.05, 4.69) is 11.5 Å². The zero-order chi connectivity index (χ0) is 20.1. The van der Waals surface area contributed by atoms with Gasteiger partial charge in [0.25, 0.3) is 0 Å². The molecule has 7 nitrogen and oxygen atoms in total. The Labute approximate surface area is 160 Å². The maximum absolute atomic E-state index is 9.10. The molecule has 0 saturated carbocycles. The number of ether oxygens (including phenoxy) is 2. The number of carbonyl (C=O) groups is 2. The van der Waals surface area contributed by atoms with Gasteiger partial charge in [0.2, 0.25) is 0 Å². The van der Waals surface area contributed by atoms with E-state index in [0.29, 0.717) is 0 Å². The SMILES string of the molecule is C=CCc1cc(OC)ccc1OCCCN1CCCCC1.O=C(O)C(=O)O. The van der Waals surface area contributed by atoms with E-state index in [0.717, 1.165) is 43.1 Å². The first-order valence-corrected chi connectivity index (χ1v) is 9.07. The van der Waals surface area contributed by atoms with Crippen LogP contribution in [-0.4, -0.2) is 60.4 Å². The number of hydrogen-bond donors (Lipinski definition) is 2. The van der Waals surface area contributed by atoms with Crippen molar-refractivity contribution in [3.63, 3.8) is 0 Å². The van der Waals surface area contributed by atoms with Crippen LogP contribution < -0.4 is 9.47 Å². The summed E-state index contributed by atoms with van der Waals surface area (Å²) in [5, 5.41) is 14.8. The fraction of sp³-hybridized carbons (Fsp3) is 0.500. The molecular weight excluding hydrogens is 350 g/mol. The molecule has 0 unspecified atom stereocenters. The predicted octanol–water partition coefficient (Wildman–Crippen LogP) is 2.83. The second-order valence-electron chi connectivity index (χ2n) is 6.18. The molecule has 1 aromatic rings. The maximum atomic E-state index is 9.10. The first-order chi connectivity index (χ1) is 13.0. The Morgan fingerprint density at radius 1 is 1.19 bits per heavy atom. The summed E-state index contributed by atoms with van der Waals surface area (Å²) in [6.45, 7) is 8.23. The summed E-state index contributed by atoms with van der Waals surface area (Å²) < 4.78 is 11.2. The van der Waals surface area contributed by atoms with Gasteiger partial charge in [-0.15, -0.1) is 6.58 Å². The topological polar surface area (TPSA) is 96.3 Å². The largest absolute Gasteiger partial charge is 0.497 e. The van der Waals surface area contributed by atoms with Gasteiger partial charge >= 0.3 is 11.9 Å². The van der Waals surface area contributed by atoms with Crippen molar-refractivity contribution in [1.82, 2.24) is 4.90 Å². The Hall–Kier alpha value is -2.54. The smallest absolute Gasteiger partial charge is 0.414 e. The lowest BCUT2D eigenvalue weighted by molar-refractivity contribution is -0.159. The highest BCUT2D eigenvalue weighted by molar-refractivity contribution is 6.27. The number of nitrogens with zero attached hydrogens (tertiary/aromatic N) is 1. The number of allylic oxidation sites excluding steroid dienone is 1. The molecule has 1 saturated heterocycles. The number of carboxylic acids is 2. The van der Waals surface area contributed by atoms with Crippen molar-refractivity contribution in [3.8, 4) is 11.5 Å². The number of rotatable bonds is 8. The van der Waals surface area contributed by atoms with E-state index in [9.17, 15) is 0 Å². The molecule has 1 fully saturated rings. The van der Waals surface area contributed by atoms with Gasteiger partial charge in [0.15, 0.2) is 0 Å². The average Bonchev–Trinajstić information content (AvgIpc) is 2.67. The number of carboxylic acid groups (broad SMARTS) is 2. The highest BCUT2D eigenvalue weighted by atomic mass is 16.5. The number of piperidine rings is 1. The standard InChI is InChI=1S/C18H27NO2.C2H2O4/c1-3-8-16-15-17(20-2)9-10-18(16)21-14-7-13-19-11-5-4-6-12-19;3-1(4)2(5)6/h3,9-10,15H,1,4-8,11-14H2,2H3;(H,3,4)(H,5,6). The van der Waals surface area contributed by atoms with Gasteiger partial charge in [-0.25, -0.2) is 9.59 Å². The molecule has 7 heteroatoms. The highest BCUT2D eigenvalue weighted by Crippen LogP contribution is 2.25. The van der Waals surface area contributed by atoms with E-state index >= 15 is 0 Å². The van der Waals surface area contributed by atoms with Crippen molar-refractivity contribution in [2.75, 3.05) is 33.4 Å². The van der Waals surface area contributed by atoms with Crippen LogP contribution in [0.15, 0.2) is 30.9 Å². The van der Waals surface area contributed by atoms with Crippen LogP contribution in [0, 0.1) is 0 Å². The summed E-state index contributed by atoms with van der Waals surface area (Å²) in [6.07, 6.45) is 7.88. The molecule has 1 heterocycles. The molecule has 0 aromatic heterocycles. The summed E-state index contributed by atoms with van der Waals surface area (Å²) in [7, 11) is 1.69. The van der Waals surface area contributed by atoms with E-state index in [4.69, 9.17) is 29.3 Å². The Morgan fingerprint density at radius 3 is 2.41 bits per heavy atom. The third-order valence-electron chi connectivity index (χ3n) is 4.14. The molecule has 0 atom stereocenters. The predicted molar refractivity (Wildman–Crippen MR) is 103 cm³/mol. The quantitative estimate of drug-likeness (QED) is 0.407. The van der Waals surface area contributed by atoms with E-state index in [-0.39, 0.29) is 0 Å². The lowest BCUT2D eigenvalue weighted by Crippen LogP contribution is -2.31. The molecular formula is C20H29NO6. The third kappa shape index (κ3) is 9.10. The lowest BCUT2D eigenvalue weighted by Gasteiger charge is -2.26. The highest BCUT2D eigenvalue weighted by Gasteiger charge is 2.10. The molecule has 1 aliphatic heterocycles.